The molecule has 0 aromatic rings. The van der Waals surface area contributed by atoms with Crippen molar-refractivity contribution in [2.45, 2.75) is 44.2 Å². The van der Waals surface area contributed by atoms with Crippen molar-refractivity contribution < 1.29 is 24.2 Å². The van der Waals surface area contributed by atoms with Gasteiger partial charge in [-0.1, -0.05) is 0 Å². The highest BCUT2D eigenvalue weighted by Gasteiger charge is 2.26. The van der Waals surface area contributed by atoms with Crippen LogP contribution in [0.5, 0.6) is 0 Å². The molecule has 0 radical (unpaired) electrons. The van der Waals surface area contributed by atoms with E-state index in [2.05, 4.69) is 5.32 Å². The Bertz CT molecular complexity index is 276. The van der Waals surface area contributed by atoms with E-state index >= 15 is 0 Å². The van der Waals surface area contributed by atoms with E-state index in [0.29, 0.717) is 32.5 Å². The predicted octanol–water partition coefficient (Wildman–Crippen LogP) is 0.552. The second kappa shape index (κ2) is 8.05. The molecule has 1 rings (SSSR count). The number of carbonyl (C=O) groups is 2. The third-order valence-electron chi connectivity index (χ3n) is 2.93. The molecular formula is C12H21NO5. The Morgan fingerprint density at radius 1 is 1.50 bits per heavy atom. The maximum Gasteiger partial charge on any atom is 0.326 e. The summed E-state index contributed by atoms with van der Waals surface area (Å²) in [4.78, 5) is 22.8. The average Bonchev–Trinajstić information content (AvgIpc) is 2.38. The van der Waals surface area contributed by atoms with Crippen LogP contribution in [0.15, 0.2) is 0 Å². The van der Waals surface area contributed by atoms with Gasteiger partial charge in [-0.3, -0.25) is 4.79 Å². The van der Waals surface area contributed by atoms with Crippen LogP contribution in [-0.4, -0.2) is 49.5 Å². The van der Waals surface area contributed by atoms with Crippen molar-refractivity contribution in [2.24, 2.45) is 0 Å². The van der Waals surface area contributed by atoms with Crippen LogP contribution in [0.1, 0.15) is 32.1 Å². The first-order chi connectivity index (χ1) is 8.65. The Morgan fingerprint density at radius 2 is 2.28 bits per heavy atom. The molecule has 18 heavy (non-hydrogen) atoms. The number of carbonyl (C=O) groups excluding carboxylic acids is 1. The van der Waals surface area contributed by atoms with Crippen molar-refractivity contribution in [3.63, 3.8) is 0 Å². The lowest BCUT2D eigenvalue weighted by molar-refractivity contribution is -0.145. The third-order valence-corrected chi connectivity index (χ3v) is 2.93. The van der Waals surface area contributed by atoms with Crippen LogP contribution in [0.3, 0.4) is 0 Å². The van der Waals surface area contributed by atoms with E-state index in [1.807, 2.05) is 0 Å². The van der Waals surface area contributed by atoms with E-state index < -0.39 is 18.1 Å². The van der Waals surface area contributed by atoms with E-state index in [4.69, 9.17) is 14.6 Å². The predicted molar refractivity (Wildman–Crippen MR) is 64.3 cm³/mol. The number of hydrogen-bond acceptors (Lipinski definition) is 4. The Morgan fingerprint density at radius 3 is 2.83 bits per heavy atom. The minimum atomic E-state index is -1.02. The molecule has 104 valence electrons. The average molecular weight is 259 g/mol. The lowest BCUT2D eigenvalue weighted by Gasteiger charge is -2.23. The lowest BCUT2D eigenvalue weighted by atomic mass is 10.1. The quantitative estimate of drug-likeness (QED) is 0.652. The number of ether oxygens (including phenoxy) is 2. The highest BCUT2D eigenvalue weighted by atomic mass is 16.5. The molecule has 2 atom stereocenters. The highest BCUT2D eigenvalue weighted by Crippen LogP contribution is 2.13. The number of hydrogen-bond donors (Lipinski definition) is 2. The topological polar surface area (TPSA) is 84.9 Å². The van der Waals surface area contributed by atoms with Crippen molar-refractivity contribution in [1.29, 1.82) is 0 Å². The molecule has 1 amide bonds. The Balaban J connectivity index is 2.38. The van der Waals surface area contributed by atoms with Crippen LogP contribution in [0, 0.1) is 0 Å². The maximum absolute atomic E-state index is 11.8. The normalized spacial score (nSPS) is 21.3. The molecule has 1 fully saturated rings. The van der Waals surface area contributed by atoms with Crippen LogP contribution >= 0.6 is 0 Å². The molecule has 0 aliphatic carbocycles. The molecule has 1 aliphatic rings. The smallest absolute Gasteiger partial charge is 0.326 e. The molecule has 6 nitrogen and oxygen atoms in total. The molecule has 0 spiro atoms. The third kappa shape index (κ3) is 5.01. The molecular weight excluding hydrogens is 238 g/mol. The van der Waals surface area contributed by atoms with Gasteiger partial charge >= 0.3 is 5.97 Å². The van der Waals surface area contributed by atoms with E-state index in [-0.39, 0.29) is 5.91 Å². The number of aliphatic carboxylic acids is 1. The molecule has 2 unspecified atom stereocenters. The first-order valence-corrected chi connectivity index (χ1v) is 6.29. The molecule has 1 saturated heterocycles. The van der Waals surface area contributed by atoms with Crippen LogP contribution < -0.4 is 5.32 Å². The summed E-state index contributed by atoms with van der Waals surface area (Å²) in [6.45, 7) is 1.05. The van der Waals surface area contributed by atoms with Gasteiger partial charge in [-0.15, -0.1) is 0 Å². The van der Waals surface area contributed by atoms with Crippen molar-refractivity contribution in [2.75, 3.05) is 20.3 Å². The van der Waals surface area contributed by atoms with Gasteiger partial charge in [0.1, 0.15) is 12.1 Å². The summed E-state index contributed by atoms with van der Waals surface area (Å²) in [6, 6.07) is -0.863. The fraction of sp³-hybridized carbons (Fsp3) is 0.833. The molecule has 1 heterocycles. The number of nitrogens with one attached hydrogen (secondary N) is 1. The van der Waals surface area contributed by atoms with Gasteiger partial charge in [0.25, 0.3) is 0 Å². The van der Waals surface area contributed by atoms with E-state index in [0.717, 1.165) is 12.8 Å². The first kappa shape index (κ1) is 14.9. The zero-order valence-electron chi connectivity index (χ0n) is 10.7. The van der Waals surface area contributed by atoms with Gasteiger partial charge in [0.2, 0.25) is 5.91 Å². The van der Waals surface area contributed by atoms with Crippen LogP contribution in [0.25, 0.3) is 0 Å². The second-order valence-electron chi connectivity index (χ2n) is 4.39. The van der Waals surface area contributed by atoms with Gasteiger partial charge in [-0.05, 0) is 32.1 Å². The maximum atomic E-state index is 11.8. The largest absolute Gasteiger partial charge is 0.480 e. The van der Waals surface area contributed by atoms with Gasteiger partial charge in [0.05, 0.1) is 0 Å². The molecule has 6 heteroatoms. The van der Waals surface area contributed by atoms with Gasteiger partial charge in [-0.2, -0.15) is 0 Å². The molecule has 2 N–H and O–H groups in total. The monoisotopic (exact) mass is 259 g/mol. The molecule has 0 saturated carbocycles. The fourth-order valence-electron chi connectivity index (χ4n) is 1.90. The summed E-state index contributed by atoms with van der Waals surface area (Å²) in [5, 5.41) is 11.5. The van der Waals surface area contributed by atoms with Crippen LogP contribution in [0.4, 0.5) is 0 Å². The van der Waals surface area contributed by atoms with Gasteiger partial charge in [0.15, 0.2) is 0 Å². The van der Waals surface area contributed by atoms with Crippen molar-refractivity contribution in [3.8, 4) is 0 Å². The first-order valence-electron chi connectivity index (χ1n) is 6.29. The minimum absolute atomic E-state index is 0.320. The molecule has 0 aromatic carbocycles. The van der Waals surface area contributed by atoms with E-state index in [1.165, 1.54) is 0 Å². The number of carboxylic acid groups (broad SMARTS) is 1. The molecule has 0 aromatic heterocycles. The summed E-state index contributed by atoms with van der Waals surface area (Å²) in [5.41, 5.74) is 0. The van der Waals surface area contributed by atoms with Crippen LogP contribution in [0.2, 0.25) is 0 Å². The highest BCUT2D eigenvalue weighted by molar-refractivity contribution is 5.86. The van der Waals surface area contributed by atoms with Crippen molar-refractivity contribution in [1.82, 2.24) is 5.32 Å². The van der Waals surface area contributed by atoms with Crippen LogP contribution in [-0.2, 0) is 19.1 Å². The zero-order chi connectivity index (χ0) is 13.4. The second-order valence-corrected chi connectivity index (χ2v) is 4.39. The summed E-state index contributed by atoms with van der Waals surface area (Å²) >= 11 is 0. The zero-order valence-corrected chi connectivity index (χ0v) is 10.7. The Hall–Kier alpha value is -1.14. The van der Waals surface area contributed by atoms with Crippen molar-refractivity contribution in [3.05, 3.63) is 0 Å². The summed E-state index contributed by atoms with van der Waals surface area (Å²) in [6.07, 6.45) is 3.03. The lowest BCUT2D eigenvalue weighted by Crippen LogP contribution is -2.47. The van der Waals surface area contributed by atoms with Gasteiger partial charge in [0, 0.05) is 20.3 Å². The van der Waals surface area contributed by atoms with Gasteiger partial charge in [-0.25, -0.2) is 4.79 Å². The number of amides is 1. The summed E-state index contributed by atoms with van der Waals surface area (Å²) in [5.74, 6) is -1.34. The standard InChI is InChI=1S/C12H21NO5/c1-17-7-4-5-9(12(15)16)13-11(14)10-6-2-3-8-18-10/h9-10H,2-8H2,1H3,(H,13,14)(H,15,16). The van der Waals surface area contributed by atoms with E-state index in [1.54, 1.807) is 7.11 Å². The Labute approximate surface area is 107 Å². The molecule has 1 aliphatic heterocycles. The van der Waals surface area contributed by atoms with E-state index in [9.17, 15) is 9.59 Å². The van der Waals surface area contributed by atoms with Gasteiger partial charge < -0.3 is 19.9 Å². The minimum Gasteiger partial charge on any atom is -0.480 e. The SMILES string of the molecule is COCCCC(NC(=O)C1CCCCO1)C(=O)O. The number of rotatable bonds is 7. The van der Waals surface area contributed by atoms with Crippen molar-refractivity contribution >= 4 is 11.9 Å². The fourth-order valence-corrected chi connectivity index (χ4v) is 1.90. The number of methoxy groups -OCH3 is 1. The molecule has 0 bridgehead atoms. The Kier molecular flexibility index (Phi) is 6.67. The number of carboxylic acids is 1. The summed E-state index contributed by atoms with van der Waals surface area (Å²) < 4.78 is 10.2. The summed E-state index contributed by atoms with van der Waals surface area (Å²) in [7, 11) is 1.56.